The Bertz CT molecular complexity index is 521. The quantitative estimate of drug-likeness (QED) is 0.371. The monoisotopic (exact) mass is 227 g/mol. The summed E-state index contributed by atoms with van der Waals surface area (Å²) in [6.45, 7) is 2.56. The average molecular weight is 227 g/mol. The van der Waals surface area contributed by atoms with Crippen molar-refractivity contribution >= 4 is 5.71 Å². The molecular weight excluding hydrogens is 212 g/mol. The van der Waals surface area contributed by atoms with E-state index in [1.807, 2.05) is 42.6 Å². The lowest BCUT2D eigenvalue weighted by atomic mass is 10.2. The second kappa shape index (κ2) is 5.25. The van der Waals surface area contributed by atoms with Crippen LogP contribution in [0, 0.1) is 0 Å². The van der Waals surface area contributed by atoms with Gasteiger partial charge < -0.3 is 5.21 Å². The molecule has 1 aromatic heterocycles. The Morgan fingerprint density at radius 3 is 2.53 bits per heavy atom. The van der Waals surface area contributed by atoms with Gasteiger partial charge in [-0.1, -0.05) is 35.5 Å². The fourth-order valence-corrected chi connectivity index (χ4v) is 1.77. The first-order valence-electron chi connectivity index (χ1n) is 5.52. The maximum Gasteiger partial charge on any atom is 0.230 e. The van der Waals surface area contributed by atoms with Crippen LogP contribution in [0.3, 0.4) is 0 Å². The lowest BCUT2D eigenvalue weighted by molar-refractivity contribution is -0.689. The third-order valence-electron chi connectivity index (χ3n) is 2.66. The highest BCUT2D eigenvalue weighted by Crippen LogP contribution is 2.00. The first-order chi connectivity index (χ1) is 8.31. The zero-order valence-electron chi connectivity index (χ0n) is 9.74. The first kappa shape index (κ1) is 11.3. The molecule has 1 heterocycles. The van der Waals surface area contributed by atoms with Gasteiger partial charge in [-0.05, 0) is 13.0 Å². The van der Waals surface area contributed by atoms with Crippen molar-refractivity contribution in [3.63, 3.8) is 0 Å². The van der Waals surface area contributed by atoms with Crippen LogP contribution in [-0.2, 0) is 6.54 Å². The van der Waals surface area contributed by atoms with E-state index in [0.29, 0.717) is 5.71 Å². The topological polar surface area (TPSA) is 36.5 Å². The molecule has 17 heavy (non-hydrogen) atoms. The van der Waals surface area contributed by atoms with Gasteiger partial charge in [-0.15, -0.1) is 0 Å². The molecule has 2 rings (SSSR count). The van der Waals surface area contributed by atoms with E-state index >= 15 is 0 Å². The Morgan fingerprint density at radius 1 is 1.12 bits per heavy atom. The minimum absolute atomic E-state index is 0.613. The van der Waals surface area contributed by atoms with E-state index in [0.717, 1.165) is 12.2 Å². The molecule has 0 saturated heterocycles. The van der Waals surface area contributed by atoms with Crippen LogP contribution >= 0.6 is 0 Å². The highest BCUT2D eigenvalue weighted by molar-refractivity contribution is 5.95. The minimum Gasteiger partial charge on any atom is -0.410 e. The van der Waals surface area contributed by atoms with Crippen LogP contribution in [0.1, 0.15) is 18.2 Å². The van der Waals surface area contributed by atoms with Gasteiger partial charge in [-0.25, -0.2) is 0 Å². The summed E-state index contributed by atoms with van der Waals surface area (Å²) in [6.07, 6.45) is 1.98. The second-order valence-electron chi connectivity index (χ2n) is 3.88. The van der Waals surface area contributed by atoms with Gasteiger partial charge >= 0.3 is 0 Å². The van der Waals surface area contributed by atoms with E-state index in [1.54, 1.807) is 6.92 Å². The number of aromatic nitrogens is 1. The summed E-state index contributed by atoms with van der Waals surface area (Å²) >= 11 is 0. The zero-order valence-corrected chi connectivity index (χ0v) is 9.74. The van der Waals surface area contributed by atoms with E-state index in [1.165, 1.54) is 5.56 Å². The van der Waals surface area contributed by atoms with Gasteiger partial charge in [0.1, 0.15) is 5.71 Å². The molecule has 0 aliphatic rings. The first-order valence-corrected chi connectivity index (χ1v) is 5.52. The summed E-state index contributed by atoms with van der Waals surface area (Å²) in [5.74, 6) is 0. The molecule has 0 unspecified atom stereocenters. The van der Waals surface area contributed by atoms with Crippen molar-refractivity contribution in [2.45, 2.75) is 13.5 Å². The summed E-state index contributed by atoms with van der Waals surface area (Å²) < 4.78 is 2.06. The average Bonchev–Trinajstić information content (AvgIpc) is 2.40. The maximum absolute atomic E-state index is 8.85. The van der Waals surface area contributed by atoms with E-state index < -0.39 is 0 Å². The van der Waals surface area contributed by atoms with E-state index in [4.69, 9.17) is 5.21 Å². The van der Waals surface area contributed by atoms with Crippen LogP contribution in [-0.4, -0.2) is 10.9 Å². The molecular formula is C14H15N2O+. The van der Waals surface area contributed by atoms with E-state index in [-0.39, 0.29) is 0 Å². The molecule has 0 aliphatic heterocycles. The van der Waals surface area contributed by atoms with Crippen molar-refractivity contribution in [3.8, 4) is 0 Å². The van der Waals surface area contributed by atoms with Crippen LogP contribution < -0.4 is 4.57 Å². The van der Waals surface area contributed by atoms with E-state index in [9.17, 15) is 0 Å². The highest BCUT2D eigenvalue weighted by atomic mass is 16.4. The normalized spacial score (nSPS) is 11.5. The Morgan fingerprint density at radius 2 is 1.82 bits per heavy atom. The molecule has 3 nitrogen and oxygen atoms in total. The van der Waals surface area contributed by atoms with Gasteiger partial charge in [0, 0.05) is 17.7 Å². The van der Waals surface area contributed by atoms with Gasteiger partial charge in [0.15, 0.2) is 12.7 Å². The summed E-state index contributed by atoms with van der Waals surface area (Å²) in [7, 11) is 0. The van der Waals surface area contributed by atoms with Gasteiger partial charge in [-0.3, -0.25) is 0 Å². The van der Waals surface area contributed by atoms with Crippen molar-refractivity contribution in [2.75, 3.05) is 0 Å². The molecule has 3 heteroatoms. The van der Waals surface area contributed by atoms with Crippen LogP contribution in [0.2, 0.25) is 0 Å². The Labute approximate surface area is 101 Å². The zero-order chi connectivity index (χ0) is 12.1. The molecule has 0 saturated carbocycles. The van der Waals surface area contributed by atoms with Gasteiger partial charge in [-0.2, -0.15) is 4.57 Å². The van der Waals surface area contributed by atoms with Crippen molar-refractivity contribution in [3.05, 3.63) is 66.0 Å². The van der Waals surface area contributed by atoms with E-state index in [2.05, 4.69) is 21.9 Å². The fraction of sp³-hybridized carbons (Fsp3) is 0.143. The summed E-state index contributed by atoms with van der Waals surface area (Å²) in [5.41, 5.74) is 2.75. The molecule has 1 N–H and O–H groups in total. The highest BCUT2D eigenvalue weighted by Gasteiger charge is 2.13. The number of hydrogen-bond donors (Lipinski definition) is 1. The van der Waals surface area contributed by atoms with Crippen LogP contribution in [0.15, 0.2) is 59.9 Å². The van der Waals surface area contributed by atoms with Crippen LogP contribution in [0.25, 0.3) is 0 Å². The third kappa shape index (κ3) is 2.69. The molecule has 1 aromatic carbocycles. The van der Waals surface area contributed by atoms with Crippen molar-refractivity contribution in [2.24, 2.45) is 5.16 Å². The summed E-state index contributed by atoms with van der Waals surface area (Å²) in [4.78, 5) is 0. The third-order valence-corrected chi connectivity index (χ3v) is 2.66. The van der Waals surface area contributed by atoms with Crippen LogP contribution in [0.4, 0.5) is 0 Å². The number of hydrogen-bond acceptors (Lipinski definition) is 2. The van der Waals surface area contributed by atoms with Gasteiger partial charge in [0.2, 0.25) is 5.69 Å². The molecule has 0 radical (unpaired) electrons. The Balaban J connectivity index is 2.33. The second-order valence-corrected chi connectivity index (χ2v) is 3.88. The van der Waals surface area contributed by atoms with Crippen molar-refractivity contribution in [1.29, 1.82) is 0 Å². The number of rotatable bonds is 3. The largest absolute Gasteiger partial charge is 0.410 e. The fourth-order valence-electron chi connectivity index (χ4n) is 1.77. The molecule has 0 fully saturated rings. The van der Waals surface area contributed by atoms with Crippen molar-refractivity contribution < 1.29 is 9.77 Å². The van der Waals surface area contributed by atoms with Gasteiger partial charge in [0.25, 0.3) is 0 Å². The lowest BCUT2D eigenvalue weighted by Gasteiger charge is -2.02. The van der Waals surface area contributed by atoms with Crippen LogP contribution in [0.5, 0.6) is 0 Å². The maximum atomic E-state index is 8.85. The number of nitrogens with zero attached hydrogens (tertiary/aromatic N) is 2. The summed E-state index contributed by atoms with van der Waals surface area (Å²) in [5, 5.41) is 12.1. The molecule has 0 aliphatic carbocycles. The molecule has 0 spiro atoms. The molecule has 0 amide bonds. The van der Waals surface area contributed by atoms with Gasteiger partial charge in [0.05, 0.1) is 0 Å². The Hall–Kier alpha value is -2.16. The number of pyridine rings is 1. The van der Waals surface area contributed by atoms with Crippen molar-refractivity contribution in [1.82, 2.24) is 0 Å². The lowest BCUT2D eigenvalue weighted by Crippen LogP contribution is -2.40. The summed E-state index contributed by atoms with van der Waals surface area (Å²) in [6, 6.07) is 16.0. The molecule has 86 valence electrons. The molecule has 0 bridgehead atoms. The number of oxime groups is 1. The Kier molecular flexibility index (Phi) is 3.50. The standard InChI is InChI=1S/C14H14N2O/c1-12(15-17)14-9-5-6-10-16(14)11-13-7-3-2-4-8-13/h2-10H,11H2,1H3/p+1. The predicted octanol–water partition coefficient (Wildman–Crippen LogP) is 2.22. The predicted molar refractivity (Wildman–Crippen MR) is 66.2 cm³/mol. The molecule has 2 aromatic rings. The SMILES string of the molecule is C/C(=N/O)c1cccc[n+]1Cc1ccccc1. The smallest absolute Gasteiger partial charge is 0.230 e. The number of benzene rings is 1. The molecule has 0 atom stereocenters. The minimum atomic E-state index is 0.613.